The van der Waals surface area contributed by atoms with Crippen LogP contribution in [-0.2, 0) is 10.0 Å². The Hall–Kier alpha value is -0.690. The normalized spacial score (nSPS) is 23.3. The number of hydrogen-bond acceptors (Lipinski definition) is 4. The summed E-state index contributed by atoms with van der Waals surface area (Å²) in [5, 5.41) is 0. The minimum atomic E-state index is -3.26. The first-order valence-corrected chi connectivity index (χ1v) is 7.89. The molecule has 1 aliphatic rings. The second-order valence-electron chi connectivity index (χ2n) is 5.05. The van der Waals surface area contributed by atoms with Crippen LogP contribution >= 0.6 is 0 Å². The van der Waals surface area contributed by atoms with Crippen molar-refractivity contribution >= 4 is 10.0 Å². The van der Waals surface area contributed by atoms with Crippen LogP contribution in [0.15, 0.2) is 24.3 Å². The number of allylic oxidation sites excluding steroid dienone is 3. The van der Waals surface area contributed by atoms with Crippen molar-refractivity contribution in [1.29, 1.82) is 0 Å². The van der Waals surface area contributed by atoms with Crippen molar-refractivity contribution < 1.29 is 8.42 Å². The molecule has 0 heterocycles. The molecule has 0 aromatic carbocycles. The van der Waals surface area contributed by atoms with Gasteiger partial charge < -0.3 is 10.6 Å². The van der Waals surface area contributed by atoms with Gasteiger partial charge in [0.05, 0.1) is 6.26 Å². The van der Waals surface area contributed by atoms with Crippen LogP contribution in [-0.4, -0.2) is 52.3 Å². The molecule has 5 nitrogen and oxygen atoms in total. The van der Waals surface area contributed by atoms with E-state index in [0.717, 1.165) is 6.42 Å². The maximum atomic E-state index is 11.5. The molecule has 0 aromatic heterocycles. The number of sulfonamides is 1. The standard InChI is InChI=1S/C12H23N3O2S/c1-15(2)9-11(13)12(14-18(3,16)17)10-7-5-4-6-8-10/h4-7,10-12,14H,8-9,13H2,1-3H3/t10?,11-,12+/m1/s1. The van der Waals surface area contributed by atoms with Gasteiger partial charge in [-0.1, -0.05) is 24.3 Å². The predicted molar refractivity (Wildman–Crippen MR) is 74.7 cm³/mol. The molecule has 0 spiro atoms. The van der Waals surface area contributed by atoms with E-state index in [0.29, 0.717) is 6.54 Å². The van der Waals surface area contributed by atoms with Crippen molar-refractivity contribution in [1.82, 2.24) is 9.62 Å². The summed E-state index contributed by atoms with van der Waals surface area (Å²) in [5.74, 6) is 0.111. The van der Waals surface area contributed by atoms with Crippen LogP contribution in [0.5, 0.6) is 0 Å². The van der Waals surface area contributed by atoms with Crippen LogP contribution in [0.3, 0.4) is 0 Å². The number of nitrogens with two attached hydrogens (primary N) is 1. The summed E-state index contributed by atoms with van der Waals surface area (Å²) in [6.07, 6.45) is 9.93. The summed E-state index contributed by atoms with van der Waals surface area (Å²) in [6.45, 7) is 0.640. The smallest absolute Gasteiger partial charge is 0.209 e. The van der Waals surface area contributed by atoms with E-state index in [4.69, 9.17) is 5.73 Å². The highest BCUT2D eigenvalue weighted by Crippen LogP contribution is 2.18. The highest BCUT2D eigenvalue weighted by atomic mass is 32.2. The predicted octanol–water partition coefficient (Wildman–Crippen LogP) is -0.0746. The lowest BCUT2D eigenvalue weighted by Crippen LogP contribution is -2.54. The lowest BCUT2D eigenvalue weighted by atomic mass is 9.89. The maximum Gasteiger partial charge on any atom is 0.209 e. The van der Waals surface area contributed by atoms with Crippen molar-refractivity contribution in [3.05, 3.63) is 24.3 Å². The van der Waals surface area contributed by atoms with Crippen LogP contribution in [0.25, 0.3) is 0 Å². The Labute approximate surface area is 110 Å². The molecule has 1 unspecified atom stereocenters. The third-order valence-electron chi connectivity index (χ3n) is 2.86. The van der Waals surface area contributed by atoms with Crippen molar-refractivity contribution in [2.75, 3.05) is 26.9 Å². The third-order valence-corrected chi connectivity index (χ3v) is 3.56. The largest absolute Gasteiger partial charge is 0.325 e. The van der Waals surface area contributed by atoms with Gasteiger partial charge in [-0.05, 0) is 26.4 Å². The Morgan fingerprint density at radius 3 is 2.56 bits per heavy atom. The summed E-state index contributed by atoms with van der Waals surface area (Å²) in [6, 6.07) is -0.514. The molecule has 0 bridgehead atoms. The summed E-state index contributed by atoms with van der Waals surface area (Å²) >= 11 is 0. The van der Waals surface area contributed by atoms with Gasteiger partial charge >= 0.3 is 0 Å². The van der Waals surface area contributed by atoms with Crippen molar-refractivity contribution in [2.24, 2.45) is 11.7 Å². The molecule has 0 saturated carbocycles. The Kier molecular flexibility index (Phi) is 5.52. The number of nitrogens with zero attached hydrogens (tertiary/aromatic N) is 1. The Morgan fingerprint density at radius 2 is 2.11 bits per heavy atom. The number of nitrogens with one attached hydrogen (secondary N) is 1. The average molecular weight is 273 g/mol. The fourth-order valence-electron chi connectivity index (χ4n) is 2.14. The Balaban J connectivity index is 2.80. The summed E-state index contributed by atoms with van der Waals surface area (Å²) < 4.78 is 25.6. The summed E-state index contributed by atoms with van der Waals surface area (Å²) in [7, 11) is 0.589. The molecule has 3 N–H and O–H groups in total. The van der Waals surface area contributed by atoms with Gasteiger partial charge in [0.1, 0.15) is 0 Å². The fraction of sp³-hybridized carbons (Fsp3) is 0.667. The van der Waals surface area contributed by atoms with Crippen LogP contribution in [0, 0.1) is 5.92 Å². The van der Waals surface area contributed by atoms with Gasteiger partial charge in [-0.15, -0.1) is 0 Å². The molecule has 18 heavy (non-hydrogen) atoms. The fourth-order valence-corrected chi connectivity index (χ4v) is 2.98. The van der Waals surface area contributed by atoms with Gasteiger partial charge in [-0.2, -0.15) is 0 Å². The van der Waals surface area contributed by atoms with Crippen LogP contribution in [0.1, 0.15) is 6.42 Å². The first-order valence-electron chi connectivity index (χ1n) is 6.00. The molecule has 0 amide bonds. The van der Waals surface area contributed by atoms with E-state index in [2.05, 4.69) is 4.72 Å². The van der Waals surface area contributed by atoms with Crippen LogP contribution in [0.4, 0.5) is 0 Å². The molecule has 0 aliphatic heterocycles. The first-order chi connectivity index (χ1) is 8.29. The lowest BCUT2D eigenvalue weighted by Gasteiger charge is -2.32. The zero-order valence-corrected chi connectivity index (χ0v) is 12.0. The molecule has 0 aromatic rings. The van der Waals surface area contributed by atoms with Crippen molar-refractivity contribution in [3.8, 4) is 0 Å². The van der Waals surface area contributed by atoms with Crippen molar-refractivity contribution in [2.45, 2.75) is 18.5 Å². The highest BCUT2D eigenvalue weighted by molar-refractivity contribution is 7.88. The van der Waals surface area contributed by atoms with Gasteiger partial charge in [0, 0.05) is 18.6 Å². The Morgan fingerprint density at radius 1 is 1.44 bits per heavy atom. The minimum absolute atomic E-state index is 0.111. The van der Waals surface area contributed by atoms with Gasteiger partial charge in [-0.3, -0.25) is 0 Å². The van der Waals surface area contributed by atoms with E-state index in [9.17, 15) is 8.42 Å². The van der Waals surface area contributed by atoms with Crippen molar-refractivity contribution in [3.63, 3.8) is 0 Å². The molecule has 1 aliphatic carbocycles. The number of rotatable bonds is 6. The molecule has 1 rings (SSSR count). The second kappa shape index (κ2) is 6.47. The maximum absolute atomic E-state index is 11.5. The lowest BCUT2D eigenvalue weighted by molar-refractivity contribution is 0.304. The molecular weight excluding hydrogens is 250 g/mol. The van der Waals surface area contributed by atoms with E-state index in [1.807, 2.05) is 43.3 Å². The van der Waals surface area contributed by atoms with Gasteiger partial charge in [0.25, 0.3) is 0 Å². The van der Waals surface area contributed by atoms with Gasteiger partial charge in [0.15, 0.2) is 0 Å². The minimum Gasteiger partial charge on any atom is -0.325 e. The Bertz CT molecular complexity index is 415. The zero-order valence-electron chi connectivity index (χ0n) is 11.2. The van der Waals surface area contributed by atoms with Crippen LogP contribution < -0.4 is 10.5 Å². The second-order valence-corrected chi connectivity index (χ2v) is 6.83. The SMILES string of the molecule is CN(C)C[C@@H](N)[C@@H](NS(C)(=O)=O)C1C=CC=CC1. The molecule has 3 atom stereocenters. The first kappa shape index (κ1) is 15.4. The molecule has 0 saturated heterocycles. The quantitative estimate of drug-likeness (QED) is 0.710. The van der Waals surface area contributed by atoms with E-state index < -0.39 is 10.0 Å². The van der Waals surface area contributed by atoms with Gasteiger partial charge in [-0.25, -0.2) is 13.1 Å². The van der Waals surface area contributed by atoms with Crippen LogP contribution in [0.2, 0.25) is 0 Å². The number of hydrogen-bond donors (Lipinski definition) is 2. The van der Waals surface area contributed by atoms with E-state index in [1.54, 1.807) is 0 Å². The monoisotopic (exact) mass is 273 g/mol. The average Bonchev–Trinajstić information content (AvgIpc) is 2.25. The summed E-state index contributed by atoms with van der Waals surface area (Å²) in [5.41, 5.74) is 6.13. The topological polar surface area (TPSA) is 75.4 Å². The van der Waals surface area contributed by atoms with E-state index in [-0.39, 0.29) is 18.0 Å². The molecule has 6 heteroatoms. The van der Waals surface area contributed by atoms with Gasteiger partial charge in [0.2, 0.25) is 10.0 Å². The zero-order chi connectivity index (χ0) is 13.8. The molecule has 0 radical (unpaired) electrons. The summed E-state index contributed by atoms with van der Waals surface area (Å²) in [4.78, 5) is 1.96. The highest BCUT2D eigenvalue weighted by Gasteiger charge is 2.28. The molecule has 0 fully saturated rings. The van der Waals surface area contributed by atoms with E-state index in [1.165, 1.54) is 6.26 Å². The number of likely N-dealkylation sites (N-methyl/N-ethyl adjacent to an activating group) is 1. The third kappa shape index (κ3) is 5.30. The van der Waals surface area contributed by atoms with E-state index >= 15 is 0 Å². The molecular formula is C12H23N3O2S. The molecule has 104 valence electrons.